The van der Waals surface area contributed by atoms with Gasteiger partial charge in [0.15, 0.2) is 0 Å². The molecule has 3 rings (SSSR count). The maximum Gasteiger partial charge on any atom is 0.304 e. The molecule has 0 bridgehead atoms. The number of carbonyl (C=O) groups excluding carboxylic acids is 1. The van der Waals surface area contributed by atoms with E-state index < -0.39 is 14.6 Å². The van der Waals surface area contributed by atoms with Crippen LogP contribution in [0.2, 0.25) is 5.04 Å². The molecule has 3 atom stereocenters. The fourth-order valence-electron chi connectivity index (χ4n) is 4.53. The molecular formula is C25H35NO4Si. The van der Waals surface area contributed by atoms with Crippen LogP contribution in [0, 0.1) is 0 Å². The minimum atomic E-state index is -2.62. The summed E-state index contributed by atoms with van der Waals surface area (Å²) in [5, 5.41) is 2.39. The first-order chi connectivity index (χ1) is 14.6. The van der Waals surface area contributed by atoms with Crippen molar-refractivity contribution in [3.8, 4) is 0 Å². The van der Waals surface area contributed by atoms with Crippen LogP contribution in [0.15, 0.2) is 60.7 Å². The van der Waals surface area contributed by atoms with Crippen molar-refractivity contribution in [2.75, 3.05) is 20.7 Å². The van der Waals surface area contributed by atoms with Crippen molar-refractivity contribution >= 4 is 24.7 Å². The number of ether oxygens (including phenoxy) is 2. The van der Waals surface area contributed by atoms with Gasteiger partial charge in [-0.1, -0.05) is 81.4 Å². The summed E-state index contributed by atoms with van der Waals surface area (Å²) in [5.74, 6) is -0.328. The van der Waals surface area contributed by atoms with Crippen LogP contribution in [0.3, 0.4) is 0 Å². The van der Waals surface area contributed by atoms with E-state index in [1.165, 1.54) is 17.3 Å². The summed E-state index contributed by atoms with van der Waals surface area (Å²) in [6.45, 7) is 8.66. The molecule has 1 aliphatic rings. The van der Waals surface area contributed by atoms with E-state index in [1.807, 2.05) is 26.2 Å². The molecule has 0 saturated carbocycles. The summed E-state index contributed by atoms with van der Waals surface area (Å²) in [6.07, 6.45) is 0.0435. The van der Waals surface area contributed by atoms with Crippen LogP contribution in [0.25, 0.3) is 0 Å². The molecule has 0 N–H and O–H groups in total. The first-order valence-electron chi connectivity index (χ1n) is 10.9. The Kier molecular flexibility index (Phi) is 7.37. The number of carbonyl (C=O) groups is 1. The van der Waals surface area contributed by atoms with Gasteiger partial charge in [0.2, 0.25) is 6.29 Å². The van der Waals surface area contributed by atoms with Gasteiger partial charge in [-0.05, 0) is 35.9 Å². The fraction of sp³-hybridized carbons (Fsp3) is 0.480. The summed E-state index contributed by atoms with van der Waals surface area (Å²) in [6, 6.07) is 21.2. The largest absolute Gasteiger partial charge is 0.434 e. The lowest BCUT2D eigenvalue weighted by Gasteiger charge is -2.43. The number of likely N-dealkylation sites (N-methyl/N-ethyl adjacent to an activating group) is 1. The van der Waals surface area contributed by atoms with Gasteiger partial charge in [-0.15, -0.1) is 0 Å². The van der Waals surface area contributed by atoms with Gasteiger partial charge in [0.1, 0.15) is 0 Å². The Morgan fingerprint density at radius 2 is 1.55 bits per heavy atom. The predicted molar refractivity (Wildman–Crippen MR) is 126 cm³/mol. The first-order valence-corrected chi connectivity index (χ1v) is 12.8. The summed E-state index contributed by atoms with van der Waals surface area (Å²) in [4.78, 5) is 13.6. The summed E-state index contributed by atoms with van der Waals surface area (Å²) in [5.41, 5.74) is 0. The van der Waals surface area contributed by atoms with Gasteiger partial charge in [-0.25, -0.2) is 0 Å². The SMILES string of the molecule is CC(=O)O[C@@H]1O[C@@H](CO[Si](c2ccccc2)(c2ccccc2)C(C)(C)C)C[C@@H]1N(C)C. The van der Waals surface area contributed by atoms with Crippen molar-refractivity contribution in [3.05, 3.63) is 60.7 Å². The number of nitrogens with zero attached hydrogens (tertiary/aromatic N) is 1. The Hall–Kier alpha value is -1.99. The molecule has 168 valence electrons. The van der Waals surface area contributed by atoms with E-state index in [2.05, 4.69) is 74.2 Å². The number of hydrogen-bond acceptors (Lipinski definition) is 5. The molecule has 0 aromatic heterocycles. The van der Waals surface area contributed by atoms with Crippen LogP contribution in [0.5, 0.6) is 0 Å². The molecule has 2 aromatic carbocycles. The van der Waals surface area contributed by atoms with Crippen LogP contribution in [0.4, 0.5) is 0 Å². The third-order valence-electron chi connectivity index (χ3n) is 5.99. The Labute approximate surface area is 187 Å². The number of rotatable bonds is 7. The molecule has 31 heavy (non-hydrogen) atoms. The van der Waals surface area contributed by atoms with E-state index >= 15 is 0 Å². The van der Waals surface area contributed by atoms with E-state index in [4.69, 9.17) is 13.9 Å². The lowest BCUT2D eigenvalue weighted by atomic mass is 10.1. The van der Waals surface area contributed by atoms with Crippen LogP contribution in [-0.4, -0.2) is 58.3 Å². The van der Waals surface area contributed by atoms with Crippen molar-refractivity contribution in [2.24, 2.45) is 0 Å². The fourth-order valence-corrected chi connectivity index (χ4v) is 9.12. The van der Waals surface area contributed by atoms with Crippen molar-refractivity contribution in [2.45, 2.75) is 57.6 Å². The monoisotopic (exact) mass is 441 g/mol. The standard InChI is InChI=1S/C25H35NO4Si/c1-19(27)29-24-23(26(5)6)17-20(30-24)18-28-31(25(2,3)4,21-13-9-7-10-14-21)22-15-11-8-12-16-22/h7-16,20,23-24H,17-18H2,1-6H3/t20-,23+,24-/m1/s1. The Balaban J connectivity index is 1.92. The van der Waals surface area contributed by atoms with Gasteiger partial charge in [-0.2, -0.15) is 0 Å². The zero-order valence-electron chi connectivity index (χ0n) is 19.5. The molecule has 0 unspecified atom stereocenters. The maximum atomic E-state index is 11.5. The predicted octanol–water partition coefficient (Wildman–Crippen LogP) is 3.17. The van der Waals surface area contributed by atoms with Gasteiger partial charge >= 0.3 is 5.97 Å². The zero-order chi connectivity index (χ0) is 22.6. The highest BCUT2D eigenvalue weighted by Gasteiger charge is 2.51. The number of esters is 1. The van der Waals surface area contributed by atoms with E-state index in [0.29, 0.717) is 6.61 Å². The molecule has 0 spiro atoms. The molecule has 2 aromatic rings. The molecule has 6 heteroatoms. The average molecular weight is 442 g/mol. The van der Waals surface area contributed by atoms with E-state index in [-0.39, 0.29) is 23.2 Å². The number of benzene rings is 2. The lowest BCUT2D eigenvalue weighted by Crippen LogP contribution is -2.67. The van der Waals surface area contributed by atoms with Crippen LogP contribution >= 0.6 is 0 Å². The molecule has 5 nitrogen and oxygen atoms in total. The van der Waals surface area contributed by atoms with Crippen LogP contribution in [-0.2, 0) is 18.7 Å². The van der Waals surface area contributed by atoms with E-state index in [0.717, 1.165) is 6.42 Å². The van der Waals surface area contributed by atoms with Gasteiger partial charge in [0.25, 0.3) is 8.32 Å². The van der Waals surface area contributed by atoms with Gasteiger partial charge in [0, 0.05) is 6.92 Å². The van der Waals surface area contributed by atoms with Gasteiger partial charge in [-0.3, -0.25) is 4.79 Å². The normalized spacial score (nSPS) is 22.0. The average Bonchev–Trinajstić information content (AvgIpc) is 3.11. The molecule has 1 aliphatic heterocycles. The minimum absolute atomic E-state index is 0.0108. The topological polar surface area (TPSA) is 48.0 Å². The highest BCUT2D eigenvalue weighted by atomic mass is 28.4. The third kappa shape index (κ3) is 5.09. The smallest absolute Gasteiger partial charge is 0.304 e. The summed E-state index contributed by atoms with van der Waals surface area (Å²) in [7, 11) is 1.34. The molecular weight excluding hydrogens is 406 g/mol. The van der Waals surface area contributed by atoms with Crippen molar-refractivity contribution < 1.29 is 18.7 Å². The van der Waals surface area contributed by atoms with Crippen molar-refractivity contribution in [3.63, 3.8) is 0 Å². The number of hydrogen-bond donors (Lipinski definition) is 0. The second-order valence-electron chi connectivity index (χ2n) is 9.48. The maximum absolute atomic E-state index is 11.5. The highest BCUT2D eigenvalue weighted by Crippen LogP contribution is 2.37. The van der Waals surface area contributed by atoms with Crippen LogP contribution in [0.1, 0.15) is 34.1 Å². The Morgan fingerprint density at radius 1 is 1.03 bits per heavy atom. The second-order valence-corrected chi connectivity index (χ2v) is 13.8. The minimum Gasteiger partial charge on any atom is -0.434 e. The quantitative estimate of drug-likeness (QED) is 0.488. The Bertz CT molecular complexity index is 811. The van der Waals surface area contributed by atoms with Crippen molar-refractivity contribution in [1.29, 1.82) is 0 Å². The molecule has 1 saturated heterocycles. The van der Waals surface area contributed by atoms with Crippen molar-refractivity contribution in [1.82, 2.24) is 4.90 Å². The first kappa shape index (κ1) is 23.7. The van der Waals surface area contributed by atoms with Crippen LogP contribution < -0.4 is 10.4 Å². The Morgan fingerprint density at radius 3 is 1.97 bits per heavy atom. The highest BCUT2D eigenvalue weighted by molar-refractivity contribution is 6.99. The second kappa shape index (κ2) is 9.65. The lowest BCUT2D eigenvalue weighted by molar-refractivity contribution is -0.181. The third-order valence-corrected chi connectivity index (χ3v) is 11.0. The van der Waals surface area contributed by atoms with E-state index in [1.54, 1.807) is 0 Å². The molecule has 1 fully saturated rings. The summed E-state index contributed by atoms with van der Waals surface area (Å²) < 4.78 is 18.6. The molecule has 0 radical (unpaired) electrons. The molecule has 1 heterocycles. The van der Waals surface area contributed by atoms with E-state index in [9.17, 15) is 4.79 Å². The van der Waals surface area contributed by atoms with Gasteiger partial charge < -0.3 is 18.8 Å². The van der Waals surface area contributed by atoms with Gasteiger partial charge in [0.05, 0.1) is 18.8 Å². The zero-order valence-corrected chi connectivity index (χ0v) is 20.5. The molecule has 0 amide bonds. The summed E-state index contributed by atoms with van der Waals surface area (Å²) >= 11 is 0. The molecule has 0 aliphatic carbocycles.